The summed E-state index contributed by atoms with van der Waals surface area (Å²) >= 11 is 6.06. The van der Waals surface area contributed by atoms with Crippen molar-refractivity contribution >= 4 is 17.6 Å². The van der Waals surface area contributed by atoms with Crippen molar-refractivity contribution in [1.82, 2.24) is 9.13 Å². The van der Waals surface area contributed by atoms with E-state index >= 15 is 0 Å². The lowest BCUT2D eigenvalue weighted by Gasteiger charge is -2.16. The number of carbonyl (C=O) groups excluding carboxylic acids is 1. The largest absolute Gasteiger partial charge is 0.478 e. The summed E-state index contributed by atoms with van der Waals surface area (Å²) in [5.41, 5.74) is -5.06. The molecule has 1 aromatic heterocycles. The fourth-order valence-electron chi connectivity index (χ4n) is 2.99. The quantitative estimate of drug-likeness (QED) is 0.247. The molecule has 0 aliphatic rings. The van der Waals surface area contributed by atoms with Crippen LogP contribution in [0.5, 0.6) is 17.2 Å². The van der Waals surface area contributed by atoms with Crippen LogP contribution in [-0.2, 0) is 22.8 Å². The Labute approximate surface area is 205 Å². The molecule has 0 unspecified atom stereocenters. The lowest BCUT2D eigenvalue weighted by atomic mass is 10.2. The molecule has 3 aromatic rings. The molecule has 190 valence electrons. The maximum absolute atomic E-state index is 14.7. The van der Waals surface area contributed by atoms with E-state index in [9.17, 15) is 31.9 Å². The molecule has 3 rings (SSSR count). The SMILES string of the molecule is C=CCOC(=O)COc1ccccc1Oc1cc(-n2c(=O)cc(C(F)(F)F)n(C)c2=O)c(F)cc1Cl. The minimum absolute atomic E-state index is 0.0150. The number of aromatic nitrogens is 2. The number of alkyl halides is 3. The van der Waals surface area contributed by atoms with Gasteiger partial charge in [-0.3, -0.25) is 9.36 Å². The molecule has 0 radical (unpaired) electrons. The highest BCUT2D eigenvalue weighted by Gasteiger charge is 2.35. The summed E-state index contributed by atoms with van der Waals surface area (Å²) in [4.78, 5) is 36.6. The smallest absolute Gasteiger partial charge is 0.431 e. The molecule has 0 amide bonds. The summed E-state index contributed by atoms with van der Waals surface area (Å²) in [6.45, 7) is 2.92. The van der Waals surface area contributed by atoms with E-state index in [0.717, 1.165) is 19.2 Å². The van der Waals surface area contributed by atoms with Gasteiger partial charge in [0, 0.05) is 19.2 Å². The molecular formula is C23H17ClF4N2O6. The minimum Gasteiger partial charge on any atom is -0.478 e. The van der Waals surface area contributed by atoms with E-state index in [1.165, 1.54) is 18.2 Å². The average Bonchev–Trinajstić information content (AvgIpc) is 2.81. The molecule has 0 saturated carbocycles. The number of carbonyl (C=O) groups is 1. The van der Waals surface area contributed by atoms with Crippen LogP contribution < -0.4 is 20.7 Å². The zero-order chi connectivity index (χ0) is 26.6. The summed E-state index contributed by atoms with van der Waals surface area (Å²) in [7, 11) is 0.792. The van der Waals surface area contributed by atoms with Crippen molar-refractivity contribution in [3.05, 3.63) is 92.5 Å². The molecule has 0 atom stereocenters. The Hall–Kier alpha value is -4.06. The highest BCUT2D eigenvalue weighted by Crippen LogP contribution is 2.37. The number of rotatable bonds is 8. The van der Waals surface area contributed by atoms with E-state index in [4.69, 9.17) is 25.8 Å². The fourth-order valence-corrected chi connectivity index (χ4v) is 3.18. The Morgan fingerprint density at radius 3 is 2.42 bits per heavy atom. The van der Waals surface area contributed by atoms with Crippen LogP contribution in [0.4, 0.5) is 17.6 Å². The van der Waals surface area contributed by atoms with Gasteiger partial charge in [-0.1, -0.05) is 36.4 Å². The minimum atomic E-state index is -4.99. The van der Waals surface area contributed by atoms with Crippen LogP contribution in [0.3, 0.4) is 0 Å². The van der Waals surface area contributed by atoms with E-state index in [0.29, 0.717) is 0 Å². The maximum atomic E-state index is 14.7. The van der Waals surface area contributed by atoms with Crippen LogP contribution in [0.25, 0.3) is 5.69 Å². The van der Waals surface area contributed by atoms with E-state index in [2.05, 4.69) is 6.58 Å². The van der Waals surface area contributed by atoms with Crippen LogP contribution in [0, 0.1) is 5.82 Å². The van der Waals surface area contributed by atoms with E-state index < -0.39 is 47.2 Å². The van der Waals surface area contributed by atoms with Crippen molar-refractivity contribution in [3.8, 4) is 22.9 Å². The second-order valence-corrected chi connectivity index (χ2v) is 7.49. The van der Waals surface area contributed by atoms with Crippen molar-refractivity contribution in [2.45, 2.75) is 6.18 Å². The number of para-hydroxylation sites is 2. The highest BCUT2D eigenvalue weighted by molar-refractivity contribution is 6.32. The Kier molecular flexibility index (Phi) is 7.88. The third-order valence-corrected chi connectivity index (χ3v) is 4.92. The molecule has 36 heavy (non-hydrogen) atoms. The zero-order valence-corrected chi connectivity index (χ0v) is 19.2. The zero-order valence-electron chi connectivity index (χ0n) is 18.5. The van der Waals surface area contributed by atoms with E-state index in [1.54, 1.807) is 12.1 Å². The topological polar surface area (TPSA) is 88.8 Å². The first-order chi connectivity index (χ1) is 16.9. The number of hydrogen-bond acceptors (Lipinski definition) is 6. The molecule has 0 N–H and O–H groups in total. The molecule has 0 fully saturated rings. The van der Waals surface area contributed by atoms with Gasteiger partial charge in [0.15, 0.2) is 18.1 Å². The first-order valence-electron chi connectivity index (χ1n) is 10.00. The number of nitrogens with zero attached hydrogens (tertiary/aromatic N) is 2. The van der Waals surface area contributed by atoms with Crippen molar-refractivity contribution in [1.29, 1.82) is 0 Å². The Balaban J connectivity index is 2.01. The van der Waals surface area contributed by atoms with Crippen LogP contribution in [0.15, 0.2) is 64.7 Å². The molecule has 0 aliphatic heterocycles. The summed E-state index contributed by atoms with van der Waals surface area (Å²) in [6.07, 6.45) is -3.61. The monoisotopic (exact) mass is 528 g/mol. The van der Waals surface area contributed by atoms with Gasteiger partial charge >= 0.3 is 17.8 Å². The molecule has 2 aromatic carbocycles. The predicted molar refractivity (Wildman–Crippen MR) is 120 cm³/mol. The van der Waals surface area contributed by atoms with Gasteiger partial charge < -0.3 is 14.2 Å². The summed E-state index contributed by atoms with van der Waals surface area (Å²) in [5.74, 6) is -2.03. The van der Waals surface area contributed by atoms with Gasteiger partial charge in [0.1, 0.15) is 23.9 Å². The van der Waals surface area contributed by atoms with E-state index in [-0.39, 0.29) is 44.1 Å². The number of benzene rings is 2. The van der Waals surface area contributed by atoms with Gasteiger partial charge in [0.2, 0.25) is 0 Å². The molecule has 0 aliphatic carbocycles. The van der Waals surface area contributed by atoms with Crippen LogP contribution in [0.1, 0.15) is 5.69 Å². The Morgan fingerprint density at radius 2 is 1.78 bits per heavy atom. The Morgan fingerprint density at radius 1 is 1.11 bits per heavy atom. The van der Waals surface area contributed by atoms with Crippen molar-refractivity contribution in [2.24, 2.45) is 7.05 Å². The van der Waals surface area contributed by atoms with Crippen LogP contribution in [0.2, 0.25) is 5.02 Å². The van der Waals surface area contributed by atoms with Crippen molar-refractivity contribution < 1.29 is 36.6 Å². The normalized spacial score (nSPS) is 11.2. The second-order valence-electron chi connectivity index (χ2n) is 7.09. The lowest BCUT2D eigenvalue weighted by molar-refractivity contribution is -0.145. The summed E-state index contributed by atoms with van der Waals surface area (Å²) in [5, 5.41) is -0.284. The molecule has 1 heterocycles. The average molecular weight is 529 g/mol. The molecule has 0 bridgehead atoms. The number of halogens is 5. The molecular weight excluding hydrogens is 512 g/mol. The van der Waals surface area contributed by atoms with Crippen molar-refractivity contribution in [3.63, 3.8) is 0 Å². The van der Waals surface area contributed by atoms with Gasteiger partial charge in [-0.25, -0.2) is 18.5 Å². The molecule has 13 heteroatoms. The number of hydrogen-bond donors (Lipinski definition) is 0. The van der Waals surface area contributed by atoms with Gasteiger partial charge in [-0.05, 0) is 18.2 Å². The van der Waals surface area contributed by atoms with E-state index in [1.807, 2.05) is 0 Å². The van der Waals surface area contributed by atoms with Crippen LogP contribution >= 0.6 is 11.6 Å². The lowest BCUT2D eigenvalue weighted by Crippen LogP contribution is -2.41. The third-order valence-electron chi connectivity index (χ3n) is 4.63. The van der Waals surface area contributed by atoms with Gasteiger partial charge in [-0.15, -0.1) is 0 Å². The standard InChI is InChI=1S/C23H17ClF4N2O6/c1-3-8-34-21(32)12-35-16-6-4-5-7-17(16)36-18-10-15(14(25)9-13(18)24)30-20(31)11-19(23(26,27)28)29(2)22(30)33/h3-7,9-11H,1,8,12H2,2H3. The number of esters is 1. The Bertz CT molecular complexity index is 1430. The van der Waals surface area contributed by atoms with Crippen LogP contribution in [-0.4, -0.2) is 28.3 Å². The maximum Gasteiger partial charge on any atom is 0.431 e. The third kappa shape index (κ3) is 5.77. The van der Waals surface area contributed by atoms with Gasteiger partial charge in [0.05, 0.1) is 10.7 Å². The number of ether oxygens (including phenoxy) is 3. The first-order valence-corrected chi connectivity index (χ1v) is 10.4. The first kappa shape index (κ1) is 26.5. The highest BCUT2D eigenvalue weighted by atomic mass is 35.5. The summed E-state index contributed by atoms with van der Waals surface area (Å²) in [6, 6.07) is 7.77. The molecule has 0 spiro atoms. The van der Waals surface area contributed by atoms with Gasteiger partial charge in [0.25, 0.3) is 5.56 Å². The molecule has 8 nitrogen and oxygen atoms in total. The van der Waals surface area contributed by atoms with Gasteiger partial charge in [-0.2, -0.15) is 13.2 Å². The fraction of sp³-hybridized carbons (Fsp3) is 0.174. The second kappa shape index (κ2) is 10.7. The molecule has 0 saturated heterocycles. The van der Waals surface area contributed by atoms with Crippen molar-refractivity contribution in [2.75, 3.05) is 13.2 Å². The predicted octanol–water partition coefficient (Wildman–Crippen LogP) is 4.25. The summed E-state index contributed by atoms with van der Waals surface area (Å²) < 4.78 is 70.3.